The Bertz CT molecular complexity index is 937. The molecule has 1 saturated heterocycles. The molecule has 0 radical (unpaired) electrons. The van der Waals surface area contributed by atoms with E-state index in [-0.39, 0.29) is 41.9 Å². The number of aliphatic hydroxyl groups excluding tert-OH is 1. The lowest BCUT2D eigenvalue weighted by Crippen LogP contribution is -2.37. The minimum Gasteiger partial charge on any atom is -0.506 e. The van der Waals surface area contributed by atoms with Gasteiger partial charge in [0.25, 0.3) is 5.91 Å². The second-order valence-electron chi connectivity index (χ2n) is 7.96. The number of cyclic esters (lactones) is 1. The van der Waals surface area contributed by atoms with Crippen LogP contribution >= 0.6 is 11.6 Å². The van der Waals surface area contributed by atoms with Crippen LogP contribution in [-0.2, 0) is 20.8 Å². The van der Waals surface area contributed by atoms with Crippen molar-refractivity contribution in [2.45, 2.75) is 44.6 Å². The highest BCUT2D eigenvalue weighted by Gasteiger charge is 2.20. The van der Waals surface area contributed by atoms with Crippen molar-refractivity contribution in [2.24, 2.45) is 5.16 Å². The smallest absolute Gasteiger partial charge is 0.338 e. The van der Waals surface area contributed by atoms with E-state index in [9.17, 15) is 19.8 Å². The molecule has 1 amide bonds. The highest BCUT2D eigenvalue weighted by Crippen LogP contribution is 2.31. The topological polar surface area (TPSA) is 109 Å². The van der Waals surface area contributed by atoms with Crippen molar-refractivity contribution in [1.82, 2.24) is 4.90 Å². The quantitative estimate of drug-likeness (QED) is 0.393. The first kappa shape index (κ1) is 24.8. The molecular weight excluding hydrogens is 448 g/mol. The second kappa shape index (κ2) is 12.4. The molecule has 0 spiro atoms. The Labute approximate surface area is 198 Å². The number of aromatic hydroxyl groups is 1. The third-order valence-corrected chi connectivity index (χ3v) is 5.86. The maximum absolute atomic E-state index is 12.6. The predicted molar refractivity (Wildman–Crippen MR) is 124 cm³/mol. The number of halogens is 1. The van der Waals surface area contributed by atoms with Gasteiger partial charge in [0.2, 0.25) is 0 Å². The monoisotopic (exact) mass is 476 g/mol. The molecule has 178 valence electrons. The maximum Gasteiger partial charge on any atom is 0.338 e. The van der Waals surface area contributed by atoms with E-state index in [1.165, 1.54) is 12.1 Å². The molecule has 2 aliphatic rings. The number of benzene rings is 1. The van der Waals surface area contributed by atoms with Gasteiger partial charge < -0.3 is 24.7 Å². The van der Waals surface area contributed by atoms with Gasteiger partial charge in [-0.15, -0.1) is 0 Å². The molecule has 0 aliphatic carbocycles. The number of nitrogens with zero attached hydrogens (tertiary/aromatic N) is 2. The molecule has 0 saturated carbocycles. The Morgan fingerprint density at radius 2 is 2.03 bits per heavy atom. The number of allylic oxidation sites excluding steroid dienone is 1. The molecule has 1 fully saturated rings. The highest BCUT2D eigenvalue weighted by molar-refractivity contribution is 6.33. The number of phenolic OH excluding ortho intramolecular Hbond substituents is 1. The molecule has 1 aromatic carbocycles. The Kier molecular flexibility index (Phi) is 9.33. The van der Waals surface area contributed by atoms with Crippen molar-refractivity contribution in [2.75, 3.05) is 26.3 Å². The summed E-state index contributed by atoms with van der Waals surface area (Å²) in [5.41, 5.74) is 0.921. The Balaban J connectivity index is 1.83. The number of carbonyl (C=O) groups excluding carboxylic acids is 2. The molecule has 0 aromatic heterocycles. The SMILES string of the molecule is O=C1OCC/C=C/C(O)C/C=C/C(=N\OCC(=O)N2CCCCC2)Cc2c1ccc(O)c2Cl. The van der Waals surface area contributed by atoms with Crippen LogP contribution in [0.4, 0.5) is 0 Å². The van der Waals surface area contributed by atoms with Crippen molar-refractivity contribution in [3.8, 4) is 5.75 Å². The first-order valence-electron chi connectivity index (χ1n) is 11.1. The number of oxime groups is 1. The lowest BCUT2D eigenvalue weighted by atomic mass is 10.0. The first-order chi connectivity index (χ1) is 16.0. The molecule has 1 aromatic rings. The summed E-state index contributed by atoms with van der Waals surface area (Å²) in [6.07, 6.45) is 9.97. The number of carbonyl (C=O) groups is 2. The molecule has 33 heavy (non-hydrogen) atoms. The summed E-state index contributed by atoms with van der Waals surface area (Å²) in [6.45, 7) is 1.37. The molecule has 2 N–H and O–H groups in total. The van der Waals surface area contributed by atoms with Gasteiger partial charge in [-0.25, -0.2) is 4.79 Å². The predicted octanol–water partition coefficient (Wildman–Crippen LogP) is 3.40. The Hall–Kier alpha value is -2.84. The van der Waals surface area contributed by atoms with Crippen LogP contribution in [0.15, 0.2) is 41.6 Å². The Morgan fingerprint density at radius 3 is 2.82 bits per heavy atom. The number of piperidine rings is 1. The third-order valence-electron chi connectivity index (χ3n) is 5.44. The number of aliphatic hydroxyl groups is 1. The van der Waals surface area contributed by atoms with E-state index < -0.39 is 12.1 Å². The third kappa shape index (κ3) is 7.33. The number of amides is 1. The van der Waals surface area contributed by atoms with Crippen LogP contribution < -0.4 is 0 Å². The van der Waals surface area contributed by atoms with Crippen LogP contribution in [0.1, 0.15) is 48.0 Å². The van der Waals surface area contributed by atoms with E-state index in [1.807, 2.05) is 0 Å². The molecule has 2 heterocycles. The van der Waals surface area contributed by atoms with E-state index in [0.29, 0.717) is 37.2 Å². The molecule has 2 aliphatic heterocycles. The van der Waals surface area contributed by atoms with Gasteiger partial charge in [0.05, 0.1) is 29.0 Å². The fourth-order valence-electron chi connectivity index (χ4n) is 3.65. The summed E-state index contributed by atoms with van der Waals surface area (Å²) in [5, 5.41) is 24.3. The second-order valence-corrected chi connectivity index (χ2v) is 8.34. The van der Waals surface area contributed by atoms with Gasteiger partial charge in [0.1, 0.15) is 5.75 Å². The first-order valence-corrected chi connectivity index (χ1v) is 11.5. The molecule has 8 nitrogen and oxygen atoms in total. The molecule has 3 rings (SSSR count). The minimum absolute atomic E-state index is 0.0157. The number of ether oxygens (including phenoxy) is 1. The average Bonchev–Trinajstić information content (AvgIpc) is 2.81. The number of phenols is 1. The van der Waals surface area contributed by atoms with E-state index in [2.05, 4.69) is 5.16 Å². The average molecular weight is 477 g/mol. The zero-order valence-electron chi connectivity index (χ0n) is 18.4. The summed E-state index contributed by atoms with van der Waals surface area (Å²) >= 11 is 6.31. The van der Waals surface area contributed by atoms with Crippen LogP contribution in [0, 0.1) is 0 Å². The fraction of sp³-hybridized carbons (Fsp3) is 0.458. The number of hydrogen-bond acceptors (Lipinski definition) is 7. The summed E-state index contributed by atoms with van der Waals surface area (Å²) in [4.78, 5) is 32.1. The van der Waals surface area contributed by atoms with Gasteiger partial charge in [0, 0.05) is 19.5 Å². The lowest BCUT2D eigenvalue weighted by molar-refractivity contribution is -0.137. The zero-order valence-corrected chi connectivity index (χ0v) is 19.2. The van der Waals surface area contributed by atoms with Crippen molar-refractivity contribution in [3.63, 3.8) is 0 Å². The van der Waals surface area contributed by atoms with Crippen molar-refractivity contribution in [3.05, 3.63) is 52.6 Å². The Morgan fingerprint density at radius 1 is 1.24 bits per heavy atom. The van der Waals surface area contributed by atoms with E-state index in [4.69, 9.17) is 21.2 Å². The highest BCUT2D eigenvalue weighted by atomic mass is 35.5. The van der Waals surface area contributed by atoms with Gasteiger partial charge in [-0.1, -0.05) is 35.0 Å². The summed E-state index contributed by atoms with van der Waals surface area (Å²) in [7, 11) is 0. The van der Waals surface area contributed by atoms with Crippen molar-refractivity contribution >= 4 is 29.2 Å². The van der Waals surface area contributed by atoms with Gasteiger partial charge in [-0.2, -0.15) is 0 Å². The van der Waals surface area contributed by atoms with Crippen LogP contribution in [0.3, 0.4) is 0 Å². The van der Waals surface area contributed by atoms with E-state index in [0.717, 1.165) is 19.3 Å². The number of hydrogen-bond donors (Lipinski definition) is 2. The summed E-state index contributed by atoms with van der Waals surface area (Å²) < 4.78 is 5.31. The van der Waals surface area contributed by atoms with Gasteiger partial charge in [-0.3, -0.25) is 4.79 Å². The standard InChI is InChI=1S/C24H29ClN2O6/c25-23-20-15-17(26-33-16-22(30)27-12-3-1-4-13-27)7-6-9-18(28)8-2-5-14-32-24(31)19(20)10-11-21(23)29/h2,6-8,10-11,18,28-29H,1,3-5,9,12-16H2/b7-6+,8-2+,26-17+. The van der Waals surface area contributed by atoms with E-state index in [1.54, 1.807) is 29.2 Å². The molecule has 9 heteroatoms. The zero-order chi connectivity index (χ0) is 23.6. The summed E-state index contributed by atoms with van der Waals surface area (Å²) in [5.74, 6) is -0.890. The van der Waals surface area contributed by atoms with Gasteiger partial charge >= 0.3 is 5.97 Å². The van der Waals surface area contributed by atoms with Gasteiger partial charge in [0.15, 0.2) is 6.61 Å². The number of likely N-dealkylation sites (tertiary alicyclic amines) is 1. The number of esters is 1. The summed E-state index contributed by atoms with van der Waals surface area (Å²) in [6, 6.07) is 2.79. The lowest BCUT2D eigenvalue weighted by Gasteiger charge is -2.26. The molecular formula is C24H29ClN2O6. The van der Waals surface area contributed by atoms with Crippen LogP contribution in [0.5, 0.6) is 5.75 Å². The number of fused-ring (bicyclic) bond motifs is 1. The van der Waals surface area contributed by atoms with Crippen molar-refractivity contribution in [1.29, 1.82) is 0 Å². The van der Waals surface area contributed by atoms with E-state index >= 15 is 0 Å². The fourth-order valence-corrected chi connectivity index (χ4v) is 3.89. The minimum atomic E-state index is -0.706. The van der Waals surface area contributed by atoms with Crippen LogP contribution in [0.25, 0.3) is 0 Å². The molecule has 0 bridgehead atoms. The largest absolute Gasteiger partial charge is 0.506 e. The van der Waals surface area contributed by atoms with Crippen LogP contribution in [-0.4, -0.2) is 65.1 Å². The van der Waals surface area contributed by atoms with Crippen molar-refractivity contribution < 1.29 is 29.4 Å². The molecule has 1 atom stereocenters. The number of rotatable bonds is 3. The maximum atomic E-state index is 12.6. The van der Waals surface area contributed by atoms with Crippen LogP contribution in [0.2, 0.25) is 5.02 Å². The molecule has 1 unspecified atom stereocenters. The van der Waals surface area contributed by atoms with Gasteiger partial charge in [-0.05, 0) is 55.9 Å². The normalized spacial score (nSPS) is 23.2.